The van der Waals surface area contributed by atoms with Gasteiger partial charge in [0, 0.05) is 41.2 Å². The number of aromatic nitrogens is 3. The summed E-state index contributed by atoms with van der Waals surface area (Å²) in [4.78, 5) is 26.5. The first-order chi connectivity index (χ1) is 16.3. The molecule has 172 valence electrons. The molecule has 4 aromatic rings. The van der Waals surface area contributed by atoms with Gasteiger partial charge in [0.2, 0.25) is 5.95 Å². The number of benzene rings is 2. The standard InChI is InChI=1S/C24H18F3N5OS/c1-28-23-30-12-10-20(32-23)19-9-4-11-29-22(19)34-18-8-2-5-15(13-18)21(33)31-17-7-3-6-16(14-17)24(25,26)27/h2-14H,1H3,(H,31,33)(H,28,30,32). The van der Waals surface area contributed by atoms with Crippen LogP contribution in [0.1, 0.15) is 15.9 Å². The first-order valence-electron chi connectivity index (χ1n) is 10.1. The van der Waals surface area contributed by atoms with Crippen molar-refractivity contribution < 1.29 is 18.0 Å². The summed E-state index contributed by atoms with van der Waals surface area (Å²) >= 11 is 1.35. The second-order valence-corrected chi connectivity index (χ2v) is 8.10. The van der Waals surface area contributed by atoms with Crippen molar-refractivity contribution >= 4 is 29.3 Å². The van der Waals surface area contributed by atoms with Crippen molar-refractivity contribution in [3.8, 4) is 11.3 Å². The number of nitrogens with zero attached hydrogens (tertiary/aromatic N) is 3. The van der Waals surface area contributed by atoms with Crippen LogP contribution in [0.3, 0.4) is 0 Å². The minimum absolute atomic E-state index is 0.0639. The van der Waals surface area contributed by atoms with Crippen molar-refractivity contribution in [1.82, 2.24) is 15.0 Å². The van der Waals surface area contributed by atoms with E-state index >= 15 is 0 Å². The average molecular weight is 482 g/mol. The lowest BCUT2D eigenvalue weighted by atomic mass is 10.1. The Balaban J connectivity index is 1.56. The summed E-state index contributed by atoms with van der Waals surface area (Å²) in [5, 5.41) is 6.10. The van der Waals surface area contributed by atoms with Crippen molar-refractivity contribution in [2.75, 3.05) is 17.7 Å². The van der Waals surface area contributed by atoms with Crippen LogP contribution in [-0.4, -0.2) is 27.9 Å². The van der Waals surface area contributed by atoms with Gasteiger partial charge in [0.15, 0.2) is 0 Å². The Hall–Kier alpha value is -3.92. The summed E-state index contributed by atoms with van der Waals surface area (Å²) in [7, 11) is 1.73. The monoisotopic (exact) mass is 481 g/mol. The Kier molecular flexibility index (Phi) is 6.78. The first kappa shape index (κ1) is 23.2. The largest absolute Gasteiger partial charge is 0.416 e. The zero-order valence-corrected chi connectivity index (χ0v) is 18.6. The summed E-state index contributed by atoms with van der Waals surface area (Å²) in [5.74, 6) is -0.0388. The lowest BCUT2D eigenvalue weighted by Crippen LogP contribution is -2.13. The molecule has 0 saturated heterocycles. The number of pyridine rings is 1. The molecule has 0 unspecified atom stereocenters. The highest BCUT2D eigenvalue weighted by molar-refractivity contribution is 7.99. The Labute approximate surface area is 197 Å². The van der Waals surface area contributed by atoms with Gasteiger partial charge in [-0.1, -0.05) is 23.9 Å². The van der Waals surface area contributed by atoms with E-state index in [9.17, 15) is 18.0 Å². The van der Waals surface area contributed by atoms with Gasteiger partial charge in [-0.25, -0.2) is 15.0 Å². The molecule has 0 saturated carbocycles. The van der Waals surface area contributed by atoms with Gasteiger partial charge in [-0.2, -0.15) is 13.2 Å². The van der Waals surface area contributed by atoms with E-state index in [1.165, 1.54) is 23.9 Å². The third-order valence-electron chi connectivity index (χ3n) is 4.68. The Morgan fingerprint density at radius 3 is 2.56 bits per heavy atom. The fraction of sp³-hybridized carbons (Fsp3) is 0.0833. The fourth-order valence-electron chi connectivity index (χ4n) is 3.09. The molecule has 4 rings (SSSR count). The summed E-state index contributed by atoms with van der Waals surface area (Å²) in [6.07, 6.45) is -1.18. The SMILES string of the molecule is CNc1nccc(-c2cccnc2Sc2cccc(C(=O)Nc3cccc(C(F)(F)F)c3)c2)n1. The molecule has 0 spiro atoms. The third kappa shape index (κ3) is 5.52. The second kappa shape index (κ2) is 9.92. The molecular formula is C24H18F3N5OS. The van der Waals surface area contributed by atoms with Crippen LogP contribution in [0, 0.1) is 0 Å². The summed E-state index contributed by atoms with van der Waals surface area (Å²) in [6, 6.07) is 16.8. The van der Waals surface area contributed by atoms with Gasteiger partial charge in [-0.15, -0.1) is 0 Å². The normalized spacial score (nSPS) is 11.2. The van der Waals surface area contributed by atoms with E-state index in [2.05, 4.69) is 25.6 Å². The Bertz CT molecular complexity index is 1330. The van der Waals surface area contributed by atoms with E-state index in [0.29, 0.717) is 22.2 Å². The molecular weight excluding hydrogens is 463 g/mol. The molecule has 2 heterocycles. The number of rotatable bonds is 6. The highest BCUT2D eigenvalue weighted by Gasteiger charge is 2.30. The molecule has 34 heavy (non-hydrogen) atoms. The molecule has 2 aromatic carbocycles. The van der Waals surface area contributed by atoms with E-state index in [0.717, 1.165) is 22.6 Å². The van der Waals surface area contributed by atoms with E-state index in [4.69, 9.17) is 0 Å². The molecule has 6 nitrogen and oxygen atoms in total. The van der Waals surface area contributed by atoms with E-state index in [-0.39, 0.29) is 5.69 Å². The van der Waals surface area contributed by atoms with Gasteiger partial charge in [-0.3, -0.25) is 4.79 Å². The van der Waals surface area contributed by atoms with Gasteiger partial charge in [0.05, 0.1) is 11.3 Å². The zero-order valence-electron chi connectivity index (χ0n) is 17.8. The molecule has 2 aromatic heterocycles. The smallest absolute Gasteiger partial charge is 0.357 e. The molecule has 1 amide bonds. The van der Waals surface area contributed by atoms with Gasteiger partial charge in [0.1, 0.15) is 5.03 Å². The third-order valence-corrected chi connectivity index (χ3v) is 5.69. The summed E-state index contributed by atoms with van der Waals surface area (Å²) < 4.78 is 38.9. The maximum atomic E-state index is 13.0. The fourth-order valence-corrected chi connectivity index (χ4v) is 4.04. The van der Waals surface area contributed by atoms with E-state index in [1.807, 2.05) is 12.1 Å². The Morgan fingerprint density at radius 1 is 0.941 bits per heavy atom. The topological polar surface area (TPSA) is 79.8 Å². The molecule has 2 N–H and O–H groups in total. The Morgan fingerprint density at radius 2 is 1.76 bits per heavy atom. The number of amides is 1. The van der Waals surface area contributed by atoms with Crippen molar-refractivity contribution in [3.05, 3.63) is 90.3 Å². The van der Waals surface area contributed by atoms with Crippen LogP contribution in [0.15, 0.2) is 89.0 Å². The number of carbonyl (C=O) groups is 1. The number of hydrogen-bond acceptors (Lipinski definition) is 6. The molecule has 0 bridgehead atoms. The van der Waals surface area contributed by atoms with Gasteiger partial charge >= 0.3 is 6.18 Å². The highest BCUT2D eigenvalue weighted by Crippen LogP contribution is 2.34. The minimum atomic E-state index is -4.49. The van der Waals surface area contributed by atoms with Crippen LogP contribution in [0.25, 0.3) is 11.3 Å². The van der Waals surface area contributed by atoms with E-state index < -0.39 is 17.6 Å². The molecule has 0 aliphatic carbocycles. The van der Waals surface area contributed by atoms with Crippen molar-refractivity contribution in [3.63, 3.8) is 0 Å². The molecule has 10 heteroatoms. The average Bonchev–Trinajstić information content (AvgIpc) is 2.84. The van der Waals surface area contributed by atoms with Crippen molar-refractivity contribution in [2.24, 2.45) is 0 Å². The lowest BCUT2D eigenvalue weighted by Gasteiger charge is -2.11. The van der Waals surface area contributed by atoms with Crippen LogP contribution >= 0.6 is 11.8 Å². The maximum absolute atomic E-state index is 13.0. The van der Waals surface area contributed by atoms with Gasteiger partial charge < -0.3 is 10.6 Å². The number of alkyl halides is 3. The van der Waals surface area contributed by atoms with E-state index in [1.54, 1.807) is 49.8 Å². The van der Waals surface area contributed by atoms with Crippen LogP contribution in [0.5, 0.6) is 0 Å². The van der Waals surface area contributed by atoms with Crippen molar-refractivity contribution in [2.45, 2.75) is 16.1 Å². The molecule has 0 aliphatic rings. The number of halogens is 3. The highest BCUT2D eigenvalue weighted by atomic mass is 32.2. The summed E-state index contributed by atoms with van der Waals surface area (Å²) in [5.41, 5.74) is 1.02. The number of carbonyl (C=O) groups excluding carboxylic acids is 1. The van der Waals surface area contributed by atoms with Crippen LogP contribution in [0.4, 0.5) is 24.8 Å². The lowest BCUT2D eigenvalue weighted by molar-refractivity contribution is -0.137. The predicted molar refractivity (Wildman–Crippen MR) is 125 cm³/mol. The van der Waals surface area contributed by atoms with Gasteiger partial charge in [-0.05, 0) is 54.6 Å². The number of hydrogen-bond donors (Lipinski definition) is 2. The predicted octanol–water partition coefficient (Wildman–Crippen LogP) is 6.00. The first-order valence-corrected chi connectivity index (χ1v) is 10.9. The quantitative estimate of drug-likeness (QED) is 0.352. The molecule has 0 aliphatic heterocycles. The minimum Gasteiger partial charge on any atom is -0.357 e. The number of anilines is 2. The second-order valence-electron chi connectivity index (χ2n) is 7.03. The summed E-state index contributed by atoms with van der Waals surface area (Å²) in [6.45, 7) is 0. The maximum Gasteiger partial charge on any atom is 0.416 e. The van der Waals surface area contributed by atoms with Crippen LogP contribution < -0.4 is 10.6 Å². The number of nitrogens with one attached hydrogen (secondary N) is 2. The zero-order chi connectivity index (χ0) is 24.1. The van der Waals surface area contributed by atoms with Crippen molar-refractivity contribution in [1.29, 1.82) is 0 Å². The van der Waals surface area contributed by atoms with Gasteiger partial charge in [0.25, 0.3) is 5.91 Å². The van der Waals surface area contributed by atoms with Crippen LogP contribution in [0.2, 0.25) is 0 Å². The molecule has 0 atom stereocenters. The molecule has 0 fully saturated rings. The molecule has 0 radical (unpaired) electrons. The van der Waals surface area contributed by atoms with Crippen LogP contribution in [-0.2, 0) is 6.18 Å².